The van der Waals surface area contributed by atoms with E-state index >= 15 is 0 Å². The van der Waals surface area contributed by atoms with E-state index in [0.717, 1.165) is 0 Å². The summed E-state index contributed by atoms with van der Waals surface area (Å²) in [6.07, 6.45) is 1.95. The molecular weight excluding hydrogens is 322 g/mol. The number of aliphatic hydroxyl groups is 1. The molecule has 5 nitrogen and oxygen atoms in total. The number of anilines is 1. The van der Waals surface area contributed by atoms with Crippen LogP contribution in [0.1, 0.15) is 19.4 Å². The van der Waals surface area contributed by atoms with Crippen LogP contribution in [0, 0.1) is 12.3 Å². The Kier molecular flexibility index (Phi) is 6.46. The molecule has 0 heterocycles. The zero-order chi connectivity index (χ0) is 17.0. The monoisotopic (exact) mass is 345 g/mol. The lowest BCUT2D eigenvalue weighted by molar-refractivity contribution is -0.122. The number of rotatable bonds is 7. The van der Waals surface area contributed by atoms with Gasteiger partial charge in [0.05, 0.1) is 22.7 Å². The summed E-state index contributed by atoms with van der Waals surface area (Å²) in [6.45, 7) is 5.07. The van der Waals surface area contributed by atoms with Crippen LogP contribution < -0.4 is 5.32 Å². The Morgan fingerprint density at radius 2 is 2.00 bits per heavy atom. The predicted octanol–water partition coefficient (Wildman–Crippen LogP) is 2.09. The molecule has 1 amide bonds. The lowest BCUT2D eigenvalue weighted by Crippen LogP contribution is -2.33. The van der Waals surface area contributed by atoms with Gasteiger partial charge in [0.1, 0.15) is 0 Å². The summed E-state index contributed by atoms with van der Waals surface area (Å²) in [5, 5.41) is 11.7. The van der Waals surface area contributed by atoms with Crippen LogP contribution in [-0.2, 0) is 14.6 Å². The van der Waals surface area contributed by atoms with E-state index in [1.54, 1.807) is 24.8 Å². The lowest BCUT2D eigenvalue weighted by Gasteiger charge is -2.23. The summed E-state index contributed by atoms with van der Waals surface area (Å²) < 4.78 is 23.8. The van der Waals surface area contributed by atoms with Crippen LogP contribution in [0.5, 0.6) is 0 Å². The topological polar surface area (TPSA) is 83.5 Å². The van der Waals surface area contributed by atoms with Gasteiger partial charge in [-0.05, 0) is 36.9 Å². The maximum Gasteiger partial charge on any atom is 0.230 e. The molecule has 0 aromatic heterocycles. The Labute approximate surface area is 136 Å². The summed E-state index contributed by atoms with van der Waals surface area (Å²) >= 11 is 1.60. The number of nitrogens with one attached hydrogen (secondary N) is 1. The molecule has 0 bridgehead atoms. The first-order valence-electron chi connectivity index (χ1n) is 6.88. The normalized spacial score (nSPS) is 12.2. The van der Waals surface area contributed by atoms with Gasteiger partial charge in [-0.1, -0.05) is 13.8 Å². The summed E-state index contributed by atoms with van der Waals surface area (Å²) in [5.74, 6) is 0.288. The first-order chi connectivity index (χ1) is 10.1. The molecule has 0 fully saturated rings. The highest BCUT2D eigenvalue weighted by Gasteiger charge is 2.27. The Balaban J connectivity index is 2.99. The van der Waals surface area contributed by atoms with Crippen LogP contribution >= 0.6 is 11.8 Å². The van der Waals surface area contributed by atoms with Gasteiger partial charge in [0, 0.05) is 11.4 Å². The van der Waals surface area contributed by atoms with Crippen molar-refractivity contribution in [1.82, 2.24) is 0 Å². The van der Waals surface area contributed by atoms with Crippen LogP contribution in [-0.4, -0.2) is 43.8 Å². The first kappa shape index (κ1) is 19.0. The molecule has 0 aliphatic rings. The van der Waals surface area contributed by atoms with E-state index in [9.17, 15) is 13.2 Å². The molecular formula is C15H23NO4S2. The molecule has 124 valence electrons. The quantitative estimate of drug-likeness (QED) is 0.790. The van der Waals surface area contributed by atoms with Gasteiger partial charge in [0.25, 0.3) is 0 Å². The van der Waals surface area contributed by atoms with E-state index in [1.165, 1.54) is 12.1 Å². The van der Waals surface area contributed by atoms with Crippen LogP contribution in [0.15, 0.2) is 23.1 Å². The van der Waals surface area contributed by atoms with Crippen molar-refractivity contribution >= 4 is 33.2 Å². The predicted molar refractivity (Wildman–Crippen MR) is 91.1 cm³/mol. The van der Waals surface area contributed by atoms with E-state index < -0.39 is 21.9 Å². The SMILES string of the molecule is CSCC(C)(C)C(=O)Nc1ccc(S(=O)(=O)CCO)cc1C. The molecule has 1 rings (SSSR count). The largest absolute Gasteiger partial charge is 0.395 e. The van der Waals surface area contributed by atoms with E-state index in [-0.39, 0.29) is 16.6 Å². The number of aliphatic hydroxyl groups excluding tert-OH is 1. The minimum absolute atomic E-state index is 0.101. The molecule has 22 heavy (non-hydrogen) atoms. The molecule has 1 aromatic rings. The second kappa shape index (κ2) is 7.48. The average molecular weight is 345 g/mol. The third-order valence-corrected chi connectivity index (χ3v) is 5.99. The molecule has 0 atom stereocenters. The second-order valence-electron chi connectivity index (χ2n) is 5.79. The molecule has 0 aliphatic carbocycles. The maximum absolute atomic E-state index is 12.3. The standard InChI is InChI=1S/C15H23NO4S2/c1-11-9-12(22(19,20)8-7-17)5-6-13(11)16-14(18)15(2,3)10-21-4/h5-6,9,17H,7-8,10H2,1-4H3,(H,16,18). The molecule has 0 unspecified atom stereocenters. The summed E-state index contributed by atoms with van der Waals surface area (Å²) in [5.41, 5.74) is 0.766. The van der Waals surface area contributed by atoms with Crippen molar-refractivity contribution in [3.8, 4) is 0 Å². The number of benzene rings is 1. The summed E-state index contributed by atoms with van der Waals surface area (Å²) in [7, 11) is -3.48. The fourth-order valence-electron chi connectivity index (χ4n) is 1.93. The molecule has 0 saturated carbocycles. The molecule has 0 saturated heterocycles. The number of carbonyl (C=O) groups is 1. The zero-order valence-corrected chi connectivity index (χ0v) is 15.0. The number of sulfone groups is 1. The van der Waals surface area contributed by atoms with Crippen LogP contribution in [0.3, 0.4) is 0 Å². The number of carbonyl (C=O) groups excluding carboxylic acids is 1. The van der Waals surface area contributed by atoms with Crippen molar-refractivity contribution in [2.75, 3.05) is 29.7 Å². The van der Waals surface area contributed by atoms with Gasteiger partial charge >= 0.3 is 0 Å². The molecule has 0 radical (unpaired) electrons. The third-order valence-electron chi connectivity index (χ3n) is 3.29. The fraction of sp³-hybridized carbons (Fsp3) is 0.533. The van der Waals surface area contributed by atoms with Crippen molar-refractivity contribution in [2.24, 2.45) is 5.41 Å². The average Bonchev–Trinajstić information content (AvgIpc) is 2.40. The van der Waals surface area contributed by atoms with E-state index in [0.29, 0.717) is 17.0 Å². The molecule has 0 aliphatic heterocycles. The highest BCUT2D eigenvalue weighted by Crippen LogP contribution is 2.25. The summed E-state index contributed by atoms with van der Waals surface area (Å²) in [4.78, 5) is 12.4. The van der Waals surface area contributed by atoms with Gasteiger partial charge in [0.15, 0.2) is 9.84 Å². The lowest BCUT2D eigenvalue weighted by atomic mass is 9.95. The highest BCUT2D eigenvalue weighted by molar-refractivity contribution is 7.98. The van der Waals surface area contributed by atoms with Gasteiger partial charge in [-0.15, -0.1) is 0 Å². The maximum atomic E-state index is 12.3. The van der Waals surface area contributed by atoms with Crippen molar-refractivity contribution in [2.45, 2.75) is 25.7 Å². The molecule has 0 spiro atoms. The fourth-order valence-corrected chi connectivity index (χ4v) is 3.89. The highest BCUT2D eigenvalue weighted by atomic mass is 32.2. The Morgan fingerprint density at radius 3 is 2.50 bits per heavy atom. The summed E-state index contributed by atoms with van der Waals surface area (Å²) in [6, 6.07) is 4.56. The van der Waals surface area contributed by atoms with Crippen molar-refractivity contribution in [1.29, 1.82) is 0 Å². The Morgan fingerprint density at radius 1 is 1.36 bits per heavy atom. The van der Waals surface area contributed by atoms with Crippen molar-refractivity contribution in [3.05, 3.63) is 23.8 Å². The van der Waals surface area contributed by atoms with Crippen LogP contribution in [0.2, 0.25) is 0 Å². The second-order valence-corrected chi connectivity index (χ2v) is 8.77. The minimum atomic E-state index is -3.48. The Bertz CT molecular complexity index is 639. The smallest absolute Gasteiger partial charge is 0.230 e. The zero-order valence-electron chi connectivity index (χ0n) is 13.3. The van der Waals surface area contributed by atoms with Gasteiger partial charge < -0.3 is 10.4 Å². The number of thioether (sulfide) groups is 1. The van der Waals surface area contributed by atoms with Gasteiger partial charge in [0.2, 0.25) is 5.91 Å². The van der Waals surface area contributed by atoms with Crippen LogP contribution in [0.25, 0.3) is 0 Å². The number of hydrogen-bond acceptors (Lipinski definition) is 5. The van der Waals surface area contributed by atoms with Crippen molar-refractivity contribution in [3.63, 3.8) is 0 Å². The van der Waals surface area contributed by atoms with Gasteiger partial charge in [-0.3, -0.25) is 4.79 Å². The third kappa shape index (κ3) is 4.72. The molecule has 7 heteroatoms. The number of hydrogen-bond donors (Lipinski definition) is 2. The van der Waals surface area contributed by atoms with Crippen molar-refractivity contribution < 1.29 is 18.3 Å². The van der Waals surface area contributed by atoms with E-state index in [4.69, 9.17) is 5.11 Å². The molecule has 2 N–H and O–H groups in total. The Hall–Kier alpha value is -1.05. The number of aryl methyl sites for hydroxylation is 1. The molecule has 1 aromatic carbocycles. The van der Waals surface area contributed by atoms with E-state index in [1.807, 2.05) is 20.1 Å². The van der Waals surface area contributed by atoms with Crippen LogP contribution in [0.4, 0.5) is 5.69 Å². The van der Waals surface area contributed by atoms with E-state index in [2.05, 4.69) is 5.32 Å². The van der Waals surface area contributed by atoms with Gasteiger partial charge in [-0.2, -0.15) is 11.8 Å². The minimum Gasteiger partial charge on any atom is -0.395 e. The number of amides is 1. The van der Waals surface area contributed by atoms with Gasteiger partial charge in [-0.25, -0.2) is 8.42 Å². The first-order valence-corrected chi connectivity index (χ1v) is 9.93.